The van der Waals surface area contributed by atoms with Gasteiger partial charge in [-0.15, -0.1) is 0 Å². The van der Waals surface area contributed by atoms with Gasteiger partial charge < -0.3 is 14.8 Å². The molecule has 3 nitrogen and oxygen atoms in total. The van der Waals surface area contributed by atoms with Gasteiger partial charge in [0.25, 0.3) is 0 Å². The number of aryl methyl sites for hydroxylation is 1. The number of rotatable bonds is 8. The topological polar surface area (TPSA) is 30.5 Å². The summed E-state index contributed by atoms with van der Waals surface area (Å²) in [5.41, 5.74) is 1.31. The molecule has 1 saturated carbocycles. The molecule has 1 N–H and O–H groups in total. The van der Waals surface area contributed by atoms with Gasteiger partial charge in [-0.3, -0.25) is 0 Å². The highest BCUT2D eigenvalue weighted by Crippen LogP contribution is 2.28. The smallest absolute Gasteiger partial charge is 0.160 e. The lowest BCUT2D eigenvalue weighted by atomic mass is 9.83. The van der Waals surface area contributed by atoms with Gasteiger partial charge in [0.15, 0.2) is 11.5 Å². The first kappa shape index (κ1) is 17.1. The van der Waals surface area contributed by atoms with Crippen molar-refractivity contribution in [2.75, 3.05) is 27.3 Å². The van der Waals surface area contributed by atoms with Crippen molar-refractivity contribution in [2.24, 2.45) is 11.8 Å². The highest BCUT2D eigenvalue weighted by molar-refractivity contribution is 5.42. The van der Waals surface area contributed by atoms with Crippen LogP contribution in [0.5, 0.6) is 11.5 Å². The molecular weight excluding hydrogens is 274 g/mol. The van der Waals surface area contributed by atoms with Crippen molar-refractivity contribution in [3.05, 3.63) is 23.8 Å². The van der Waals surface area contributed by atoms with E-state index in [0.29, 0.717) is 0 Å². The number of benzene rings is 1. The van der Waals surface area contributed by atoms with E-state index in [2.05, 4.69) is 24.4 Å². The summed E-state index contributed by atoms with van der Waals surface area (Å²) in [5.74, 6) is 3.47. The number of hydrogen-bond acceptors (Lipinski definition) is 3. The summed E-state index contributed by atoms with van der Waals surface area (Å²) in [6.07, 6.45) is 7.89. The van der Waals surface area contributed by atoms with E-state index in [1.807, 2.05) is 6.07 Å². The Bertz CT molecular complexity index is 439. The molecule has 0 heterocycles. The average Bonchev–Trinajstić information content (AvgIpc) is 2.56. The summed E-state index contributed by atoms with van der Waals surface area (Å²) in [5, 5.41) is 3.64. The van der Waals surface area contributed by atoms with Gasteiger partial charge >= 0.3 is 0 Å². The maximum atomic E-state index is 5.35. The van der Waals surface area contributed by atoms with Crippen molar-refractivity contribution < 1.29 is 9.47 Å². The van der Waals surface area contributed by atoms with Gasteiger partial charge in [-0.25, -0.2) is 0 Å². The summed E-state index contributed by atoms with van der Waals surface area (Å²) >= 11 is 0. The van der Waals surface area contributed by atoms with E-state index in [1.165, 1.54) is 44.2 Å². The van der Waals surface area contributed by atoms with Crippen LogP contribution in [0, 0.1) is 11.8 Å². The molecule has 0 amide bonds. The molecule has 124 valence electrons. The zero-order chi connectivity index (χ0) is 15.8. The zero-order valence-electron chi connectivity index (χ0n) is 14.4. The van der Waals surface area contributed by atoms with Crippen LogP contribution in [-0.4, -0.2) is 27.3 Å². The normalized spacial score (nSPS) is 21.6. The largest absolute Gasteiger partial charge is 0.493 e. The van der Waals surface area contributed by atoms with Gasteiger partial charge in [-0.05, 0) is 68.3 Å². The third kappa shape index (κ3) is 5.20. The minimum absolute atomic E-state index is 0.802. The van der Waals surface area contributed by atoms with Crippen molar-refractivity contribution in [1.29, 1.82) is 0 Å². The molecule has 0 aromatic heterocycles. The minimum atomic E-state index is 0.802. The lowest BCUT2D eigenvalue weighted by Crippen LogP contribution is -2.27. The Kier molecular flexibility index (Phi) is 7.04. The molecule has 1 aromatic rings. The van der Waals surface area contributed by atoms with Crippen LogP contribution in [0.15, 0.2) is 18.2 Å². The summed E-state index contributed by atoms with van der Waals surface area (Å²) in [7, 11) is 3.36. The van der Waals surface area contributed by atoms with Gasteiger partial charge in [-0.1, -0.05) is 25.8 Å². The Morgan fingerprint density at radius 3 is 2.45 bits per heavy atom. The van der Waals surface area contributed by atoms with E-state index >= 15 is 0 Å². The van der Waals surface area contributed by atoms with Crippen LogP contribution in [0.3, 0.4) is 0 Å². The fourth-order valence-corrected chi connectivity index (χ4v) is 3.29. The summed E-state index contributed by atoms with van der Waals surface area (Å²) in [6, 6.07) is 6.20. The molecule has 0 spiro atoms. The van der Waals surface area contributed by atoms with Gasteiger partial charge in [0.05, 0.1) is 14.2 Å². The summed E-state index contributed by atoms with van der Waals surface area (Å²) in [4.78, 5) is 0. The number of methoxy groups -OCH3 is 2. The van der Waals surface area contributed by atoms with E-state index in [-0.39, 0.29) is 0 Å². The van der Waals surface area contributed by atoms with Crippen LogP contribution in [0.4, 0.5) is 0 Å². The fraction of sp³-hybridized carbons (Fsp3) is 0.684. The van der Waals surface area contributed by atoms with Crippen LogP contribution in [0.25, 0.3) is 0 Å². The Morgan fingerprint density at radius 2 is 1.77 bits per heavy atom. The van der Waals surface area contributed by atoms with Crippen molar-refractivity contribution in [3.63, 3.8) is 0 Å². The molecule has 1 fully saturated rings. The van der Waals surface area contributed by atoms with Crippen LogP contribution >= 0.6 is 0 Å². The first-order chi connectivity index (χ1) is 10.7. The zero-order valence-corrected chi connectivity index (χ0v) is 14.4. The Labute approximate surface area is 135 Å². The standard InChI is InChI=1S/C19H31NO2/c1-15-6-8-17(9-7-15)14-20-12-4-5-16-10-11-18(21-2)19(13-16)22-3/h10-11,13,15,17,20H,4-9,12,14H2,1-3H3. The van der Waals surface area contributed by atoms with E-state index in [0.717, 1.165) is 36.3 Å². The SMILES string of the molecule is COc1ccc(CCCNCC2CCC(C)CC2)cc1OC. The molecule has 0 saturated heterocycles. The minimum Gasteiger partial charge on any atom is -0.493 e. The molecule has 1 aromatic carbocycles. The molecule has 1 aliphatic rings. The van der Waals surface area contributed by atoms with E-state index in [9.17, 15) is 0 Å². The van der Waals surface area contributed by atoms with Crippen LogP contribution in [0.1, 0.15) is 44.6 Å². The van der Waals surface area contributed by atoms with Gasteiger partial charge in [0.2, 0.25) is 0 Å². The second kappa shape index (κ2) is 9.04. The molecule has 22 heavy (non-hydrogen) atoms. The predicted octanol–water partition coefficient (Wildman–Crippen LogP) is 4.05. The number of nitrogens with one attached hydrogen (secondary N) is 1. The molecule has 1 aliphatic carbocycles. The lowest BCUT2D eigenvalue weighted by Gasteiger charge is -2.26. The molecule has 2 rings (SSSR count). The molecule has 3 heteroatoms. The molecule has 0 radical (unpaired) electrons. The third-order valence-electron chi connectivity index (χ3n) is 4.84. The van der Waals surface area contributed by atoms with Crippen molar-refractivity contribution in [1.82, 2.24) is 5.32 Å². The van der Waals surface area contributed by atoms with Crippen molar-refractivity contribution in [2.45, 2.75) is 45.4 Å². The quantitative estimate of drug-likeness (QED) is 0.735. The molecule has 0 atom stereocenters. The monoisotopic (exact) mass is 305 g/mol. The maximum Gasteiger partial charge on any atom is 0.160 e. The molecule has 0 aliphatic heterocycles. The summed E-state index contributed by atoms with van der Waals surface area (Å²) < 4.78 is 10.6. The Balaban J connectivity index is 1.64. The Morgan fingerprint density at radius 1 is 1.05 bits per heavy atom. The number of hydrogen-bond donors (Lipinski definition) is 1. The average molecular weight is 305 g/mol. The molecular formula is C19H31NO2. The first-order valence-electron chi connectivity index (χ1n) is 8.64. The van der Waals surface area contributed by atoms with E-state index < -0.39 is 0 Å². The second-order valence-corrected chi connectivity index (χ2v) is 6.62. The second-order valence-electron chi connectivity index (χ2n) is 6.62. The molecule has 0 unspecified atom stereocenters. The maximum absolute atomic E-state index is 5.35. The first-order valence-corrected chi connectivity index (χ1v) is 8.64. The van der Waals surface area contributed by atoms with Gasteiger partial charge in [0.1, 0.15) is 0 Å². The van der Waals surface area contributed by atoms with Gasteiger partial charge in [-0.2, -0.15) is 0 Å². The Hall–Kier alpha value is -1.22. The summed E-state index contributed by atoms with van der Waals surface area (Å²) in [6.45, 7) is 4.67. The highest BCUT2D eigenvalue weighted by Gasteiger charge is 2.17. The number of ether oxygens (including phenoxy) is 2. The predicted molar refractivity (Wildman–Crippen MR) is 91.9 cm³/mol. The van der Waals surface area contributed by atoms with Gasteiger partial charge in [0, 0.05) is 0 Å². The third-order valence-corrected chi connectivity index (χ3v) is 4.84. The van der Waals surface area contributed by atoms with E-state index in [4.69, 9.17) is 9.47 Å². The van der Waals surface area contributed by atoms with Crippen LogP contribution in [0.2, 0.25) is 0 Å². The lowest BCUT2D eigenvalue weighted by molar-refractivity contribution is 0.282. The highest BCUT2D eigenvalue weighted by atomic mass is 16.5. The van der Waals surface area contributed by atoms with Crippen molar-refractivity contribution in [3.8, 4) is 11.5 Å². The fourth-order valence-electron chi connectivity index (χ4n) is 3.29. The van der Waals surface area contributed by atoms with Crippen LogP contribution in [-0.2, 0) is 6.42 Å². The van der Waals surface area contributed by atoms with E-state index in [1.54, 1.807) is 14.2 Å². The molecule has 0 bridgehead atoms. The van der Waals surface area contributed by atoms with Crippen LogP contribution < -0.4 is 14.8 Å². The van der Waals surface area contributed by atoms with Crippen molar-refractivity contribution >= 4 is 0 Å².